The van der Waals surface area contributed by atoms with Crippen LogP contribution in [0.1, 0.15) is 63.1 Å². The fourth-order valence-corrected chi connectivity index (χ4v) is 8.41. The third kappa shape index (κ3) is 7.18. The number of piperidine rings is 1. The quantitative estimate of drug-likeness (QED) is 0.134. The zero-order valence-corrected chi connectivity index (χ0v) is 29.4. The molecule has 0 radical (unpaired) electrons. The number of aromatic hydroxyl groups is 1. The molecule has 4 aromatic rings. The number of phenols is 1. The first-order chi connectivity index (χ1) is 25.4. The predicted molar refractivity (Wildman–Crippen MR) is 190 cm³/mol. The molecule has 2 bridgehead atoms. The SMILES string of the molecule is C#Cc1c(F)ccc2cc(O)cc(-c3nc(CCC)c4c(N5C[C@H]6CC[C@@H](C5)N6)nc(OCC5(CN6CCC(OC(F)(F)F)CC6)CC5)nc4c3F)c12. The molecule has 8 rings (SSSR count). The summed E-state index contributed by atoms with van der Waals surface area (Å²) < 4.78 is 81.2. The van der Waals surface area contributed by atoms with Gasteiger partial charge in [0.1, 0.15) is 28.6 Å². The van der Waals surface area contributed by atoms with Crippen LogP contribution in [0.3, 0.4) is 0 Å². The van der Waals surface area contributed by atoms with Gasteiger partial charge in [0.15, 0.2) is 5.82 Å². The number of aromatic nitrogens is 3. The zero-order valence-electron chi connectivity index (χ0n) is 29.4. The van der Waals surface area contributed by atoms with Gasteiger partial charge in [0.25, 0.3) is 0 Å². The molecule has 4 fully saturated rings. The van der Waals surface area contributed by atoms with Crippen LogP contribution in [0, 0.1) is 29.4 Å². The second-order valence-electron chi connectivity index (χ2n) is 15.1. The number of halogens is 5. The molecule has 2 aromatic heterocycles. The number of hydrogen-bond acceptors (Lipinski definition) is 9. The van der Waals surface area contributed by atoms with E-state index in [1.807, 2.05) is 6.92 Å². The second kappa shape index (κ2) is 13.8. The number of nitrogens with one attached hydrogen (secondary N) is 1. The van der Waals surface area contributed by atoms with Gasteiger partial charge in [0.2, 0.25) is 0 Å². The van der Waals surface area contributed by atoms with Gasteiger partial charge in [-0.1, -0.05) is 25.3 Å². The Bertz CT molecular complexity index is 2080. The maximum atomic E-state index is 17.2. The molecular formula is C39H41F5N6O3. The number of alkyl halides is 3. The summed E-state index contributed by atoms with van der Waals surface area (Å²) in [5, 5.41) is 15.5. The lowest BCUT2D eigenvalue weighted by Gasteiger charge is -2.35. The molecule has 14 heteroatoms. The number of aryl methyl sites for hydroxylation is 1. The van der Waals surface area contributed by atoms with Gasteiger partial charge in [-0.05, 0) is 68.5 Å². The highest BCUT2D eigenvalue weighted by molar-refractivity contribution is 6.03. The summed E-state index contributed by atoms with van der Waals surface area (Å²) >= 11 is 0. The standard InChI is InChI=1S/C39H41F5N6O3/c1-3-5-30-32-35(33(41)34(46-30)28-17-25(51)16-22-6-9-29(40)27(4-2)31(22)28)47-37(48-36(32)50-18-23-7-8-24(19-50)45-23)52-21-38(12-13-38)20-49-14-10-26(11-15-49)53-39(42,43)44/h2,6,9,16-17,23-24,26,45,51H,3,5,7-8,10-15,18-21H2,1H3/t23-,24+. The van der Waals surface area contributed by atoms with Gasteiger partial charge in [-0.3, -0.25) is 4.74 Å². The molecule has 9 nitrogen and oxygen atoms in total. The van der Waals surface area contributed by atoms with E-state index in [-0.39, 0.29) is 63.6 Å². The molecule has 1 saturated carbocycles. The zero-order chi connectivity index (χ0) is 37.1. The van der Waals surface area contributed by atoms with Gasteiger partial charge in [-0.2, -0.15) is 9.97 Å². The van der Waals surface area contributed by atoms with E-state index < -0.39 is 24.1 Å². The van der Waals surface area contributed by atoms with Crippen LogP contribution in [0.5, 0.6) is 11.8 Å². The summed E-state index contributed by atoms with van der Waals surface area (Å²) in [5.74, 6) is 1.36. The van der Waals surface area contributed by atoms with Crippen LogP contribution in [0.4, 0.5) is 27.8 Å². The van der Waals surface area contributed by atoms with E-state index in [0.29, 0.717) is 80.7 Å². The Hall–Kier alpha value is -4.32. The Morgan fingerprint density at radius 3 is 2.42 bits per heavy atom. The molecule has 2 aromatic carbocycles. The highest BCUT2D eigenvalue weighted by Crippen LogP contribution is 2.47. The molecular weight excluding hydrogens is 695 g/mol. The molecule has 2 N–H and O–H groups in total. The molecule has 0 unspecified atom stereocenters. The molecule has 0 spiro atoms. The highest BCUT2D eigenvalue weighted by atomic mass is 19.4. The Morgan fingerprint density at radius 1 is 1.02 bits per heavy atom. The number of fused-ring (bicyclic) bond motifs is 4. The van der Waals surface area contributed by atoms with Crippen molar-refractivity contribution in [1.82, 2.24) is 25.2 Å². The van der Waals surface area contributed by atoms with Crippen LogP contribution in [-0.2, 0) is 11.2 Å². The molecule has 5 heterocycles. The van der Waals surface area contributed by atoms with Crippen molar-refractivity contribution in [2.75, 3.05) is 44.2 Å². The number of ether oxygens (including phenoxy) is 2. The van der Waals surface area contributed by atoms with E-state index in [1.165, 1.54) is 24.3 Å². The number of likely N-dealkylation sites (tertiary alicyclic amines) is 1. The first-order valence-corrected chi connectivity index (χ1v) is 18.4. The number of piperazine rings is 1. The van der Waals surface area contributed by atoms with Gasteiger partial charge >= 0.3 is 12.4 Å². The summed E-state index contributed by atoms with van der Waals surface area (Å²) in [4.78, 5) is 18.8. The Labute approximate surface area is 303 Å². The number of nitrogens with zero attached hydrogens (tertiary/aromatic N) is 5. The van der Waals surface area contributed by atoms with Crippen LogP contribution in [-0.4, -0.2) is 88.8 Å². The summed E-state index contributed by atoms with van der Waals surface area (Å²) in [7, 11) is 0. The number of pyridine rings is 1. The van der Waals surface area contributed by atoms with Gasteiger partial charge in [-0.25, -0.2) is 13.8 Å². The first-order valence-electron chi connectivity index (χ1n) is 18.4. The van der Waals surface area contributed by atoms with Gasteiger partial charge in [0, 0.05) is 61.2 Å². The van der Waals surface area contributed by atoms with Crippen molar-refractivity contribution in [1.29, 1.82) is 0 Å². The van der Waals surface area contributed by atoms with Gasteiger partial charge < -0.3 is 25.0 Å². The van der Waals surface area contributed by atoms with Crippen molar-refractivity contribution in [3.8, 4) is 35.4 Å². The minimum Gasteiger partial charge on any atom is -0.508 e. The summed E-state index contributed by atoms with van der Waals surface area (Å²) in [6.45, 7) is 5.20. The lowest BCUT2D eigenvalue weighted by molar-refractivity contribution is -0.345. The minimum absolute atomic E-state index is 0.0102. The number of benzene rings is 2. The molecule has 3 aliphatic heterocycles. The van der Waals surface area contributed by atoms with E-state index in [0.717, 1.165) is 25.7 Å². The Morgan fingerprint density at radius 2 is 1.75 bits per heavy atom. The summed E-state index contributed by atoms with van der Waals surface area (Å²) in [6.07, 6.45) is 5.79. The minimum atomic E-state index is -4.64. The fraction of sp³-hybridized carbons (Fsp3) is 0.513. The van der Waals surface area contributed by atoms with Crippen molar-refractivity contribution >= 4 is 27.5 Å². The summed E-state index contributed by atoms with van der Waals surface area (Å²) in [5.41, 5.74) is 0.320. The predicted octanol–water partition coefficient (Wildman–Crippen LogP) is 6.86. The van der Waals surface area contributed by atoms with E-state index in [9.17, 15) is 18.3 Å². The van der Waals surface area contributed by atoms with E-state index >= 15 is 8.78 Å². The van der Waals surface area contributed by atoms with Crippen LogP contribution >= 0.6 is 0 Å². The lowest BCUT2D eigenvalue weighted by atomic mass is 9.95. The topological polar surface area (TPSA) is 95.9 Å². The number of anilines is 1. The fourth-order valence-electron chi connectivity index (χ4n) is 8.41. The van der Waals surface area contributed by atoms with Crippen LogP contribution < -0.4 is 15.0 Å². The largest absolute Gasteiger partial charge is 0.522 e. The number of hydrogen-bond donors (Lipinski definition) is 2. The maximum absolute atomic E-state index is 17.2. The van der Waals surface area contributed by atoms with Gasteiger partial charge in [-0.15, -0.1) is 19.6 Å². The van der Waals surface area contributed by atoms with Gasteiger partial charge in [0.05, 0.1) is 29.4 Å². The molecule has 2 atom stereocenters. The number of phenolic OH excluding ortho intramolecular Hbond substituents is 1. The van der Waals surface area contributed by atoms with Crippen molar-refractivity contribution in [2.45, 2.75) is 82.8 Å². The average Bonchev–Trinajstić information content (AvgIpc) is 3.81. The van der Waals surface area contributed by atoms with Crippen molar-refractivity contribution < 1.29 is 36.5 Å². The Kier molecular flexibility index (Phi) is 9.31. The van der Waals surface area contributed by atoms with E-state index in [1.54, 1.807) is 0 Å². The monoisotopic (exact) mass is 736 g/mol. The third-order valence-corrected chi connectivity index (χ3v) is 11.1. The molecule has 280 valence electrons. The van der Waals surface area contributed by atoms with Crippen LogP contribution in [0.15, 0.2) is 24.3 Å². The highest BCUT2D eigenvalue weighted by Gasteiger charge is 2.46. The molecule has 1 aliphatic carbocycles. The maximum Gasteiger partial charge on any atom is 0.522 e. The number of terminal acetylenes is 1. The third-order valence-electron chi connectivity index (χ3n) is 11.1. The van der Waals surface area contributed by atoms with Crippen molar-refractivity contribution in [2.24, 2.45) is 5.41 Å². The summed E-state index contributed by atoms with van der Waals surface area (Å²) in [6, 6.07) is 6.01. The second-order valence-corrected chi connectivity index (χ2v) is 15.1. The molecule has 4 aliphatic rings. The smallest absolute Gasteiger partial charge is 0.508 e. The first kappa shape index (κ1) is 35.7. The molecule has 0 amide bonds. The van der Waals surface area contributed by atoms with Crippen LogP contribution in [0.2, 0.25) is 0 Å². The number of rotatable bonds is 10. The molecule has 3 saturated heterocycles. The van der Waals surface area contributed by atoms with Crippen molar-refractivity contribution in [3.05, 3.63) is 47.2 Å². The molecule has 53 heavy (non-hydrogen) atoms. The normalized spacial score (nSPS) is 21.7. The van der Waals surface area contributed by atoms with Crippen molar-refractivity contribution in [3.63, 3.8) is 0 Å². The Balaban J connectivity index is 1.18. The lowest BCUT2D eigenvalue weighted by Crippen LogP contribution is -2.51. The van der Waals surface area contributed by atoms with Crippen LogP contribution in [0.25, 0.3) is 32.9 Å². The van der Waals surface area contributed by atoms with E-state index in [2.05, 4.69) is 25.8 Å². The average molecular weight is 737 g/mol. The van der Waals surface area contributed by atoms with E-state index in [4.69, 9.17) is 26.1 Å².